The summed E-state index contributed by atoms with van der Waals surface area (Å²) in [6.45, 7) is 3.55. The molecule has 1 unspecified atom stereocenters. The van der Waals surface area contributed by atoms with Gasteiger partial charge in [0.2, 0.25) is 5.91 Å². The van der Waals surface area contributed by atoms with E-state index in [0.29, 0.717) is 13.0 Å². The molecule has 0 bridgehead atoms. The highest BCUT2D eigenvalue weighted by atomic mass is 79.9. The van der Waals surface area contributed by atoms with Crippen LogP contribution in [0.4, 0.5) is 5.69 Å². The van der Waals surface area contributed by atoms with Crippen LogP contribution >= 0.6 is 15.9 Å². The molecule has 0 saturated carbocycles. The molecule has 0 radical (unpaired) electrons. The number of fused-ring (bicyclic) bond motifs is 1. The predicted octanol–water partition coefficient (Wildman–Crippen LogP) is 5.68. The number of carbonyl (C=O) groups excluding carboxylic acids is 1. The largest absolute Gasteiger partial charge is 0.323 e. The first-order valence-corrected chi connectivity index (χ1v) is 10.9. The fourth-order valence-electron chi connectivity index (χ4n) is 4.28. The number of rotatable bonds is 4. The fraction of sp³-hybridized carbons (Fsp3) is 0.200. The van der Waals surface area contributed by atoms with Crippen molar-refractivity contribution in [1.82, 2.24) is 9.55 Å². The molecule has 5 heteroatoms. The molecular weight excluding hydrogens is 438 g/mol. The van der Waals surface area contributed by atoms with Crippen molar-refractivity contribution in [3.8, 4) is 0 Å². The van der Waals surface area contributed by atoms with E-state index in [1.54, 1.807) is 0 Å². The predicted molar refractivity (Wildman–Crippen MR) is 124 cm³/mol. The Kier molecular flexibility index (Phi) is 4.91. The summed E-state index contributed by atoms with van der Waals surface area (Å²) in [6, 6.07) is 24.6. The van der Waals surface area contributed by atoms with Crippen LogP contribution < -0.4 is 4.90 Å². The quantitative estimate of drug-likeness (QED) is 0.393. The van der Waals surface area contributed by atoms with Gasteiger partial charge in [0.15, 0.2) is 0 Å². The molecule has 1 amide bonds. The van der Waals surface area contributed by atoms with Crippen LogP contribution in [0.2, 0.25) is 0 Å². The van der Waals surface area contributed by atoms with Crippen molar-refractivity contribution in [2.75, 3.05) is 11.4 Å². The molecule has 5 rings (SSSR count). The number of carbonyl (C=O) groups is 1. The van der Waals surface area contributed by atoms with Crippen molar-refractivity contribution in [3.05, 3.63) is 94.2 Å². The number of amides is 1. The minimum atomic E-state index is 0.0672. The van der Waals surface area contributed by atoms with Crippen molar-refractivity contribution in [2.24, 2.45) is 0 Å². The highest BCUT2D eigenvalue weighted by Gasteiger charge is 2.34. The minimum absolute atomic E-state index is 0.0672. The second kappa shape index (κ2) is 7.73. The molecule has 0 N–H and O–H groups in total. The molecule has 4 nitrogen and oxygen atoms in total. The van der Waals surface area contributed by atoms with Gasteiger partial charge >= 0.3 is 0 Å². The third-order valence-electron chi connectivity index (χ3n) is 5.90. The second-order valence-corrected chi connectivity index (χ2v) is 8.77. The standard InChI is InChI=1S/C25H22BrN3O/c1-17-6-2-3-7-18(17)15-29-23-9-5-4-8-22(23)27-25(29)19-14-24(30)28(16-19)21-12-10-20(26)11-13-21/h2-13,19H,14-16H2,1H3. The number of hydrogen-bond donors (Lipinski definition) is 0. The van der Waals surface area contributed by atoms with Gasteiger partial charge in [0, 0.05) is 35.6 Å². The van der Waals surface area contributed by atoms with E-state index in [0.717, 1.165) is 33.6 Å². The van der Waals surface area contributed by atoms with Crippen LogP contribution in [-0.4, -0.2) is 22.0 Å². The average Bonchev–Trinajstić information content (AvgIpc) is 3.31. The Morgan fingerprint density at radius 3 is 2.53 bits per heavy atom. The summed E-state index contributed by atoms with van der Waals surface area (Å²) in [7, 11) is 0. The minimum Gasteiger partial charge on any atom is -0.323 e. The molecule has 4 aromatic rings. The Labute approximate surface area is 184 Å². The summed E-state index contributed by atoms with van der Waals surface area (Å²) >= 11 is 3.47. The van der Waals surface area contributed by atoms with Gasteiger partial charge in [-0.3, -0.25) is 4.79 Å². The Balaban J connectivity index is 1.53. The van der Waals surface area contributed by atoms with Crippen molar-refractivity contribution in [2.45, 2.75) is 25.8 Å². The third-order valence-corrected chi connectivity index (χ3v) is 6.43. The number of benzene rings is 3. The van der Waals surface area contributed by atoms with E-state index in [1.807, 2.05) is 35.2 Å². The van der Waals surface area contributed by atoms with Crippen molar-refractivity contribution >= 4 is 38.6 Å². The molecule has 150 valence electrons. The summed E-state index contributed by atoms with van der Waals surface area (Å²) in [5.74, 6) is 1.21. The normalized spacial score (nSPS) is 16.5. The maximum absolute atomic E-state index is 12.9. The number of aryl methyl sites for hydroxylation is 1. The van der Waals surface area contributed by atoms with Crippen LogP contribution in [0.5, 0.6) is 0 Å². The Morgan fingerprint density at radius 1 is 1.00 bits per heavy atom. The molecule has 1 saturated heterocycles. The zero-order chi connectivity index (χ0) is 20.7. The second-order valence-electron chi connectivity index (χ2n) is 7.85. The zero-order valence-electron chi connectivity index (χ0n) is 16.8. The van der Waals surface area contributed by atoms with Gasteiger partial charge in [-0.25, -0.2) is 4.98 Å². The summed E-state index contributed by atoms with van der Waals surface area (Å²) in [4.78, 5) is 19.7. The molecule has 1 atom stereocenters. The van der Waals surface area contributed by atoms with E-state index >= 15 is 0 Å². The van der Waals surface area contributed by atoms with Crippen molar-refractivity contribution < 1.29 is 4.79 Å². The van der Waals surface area contributed by atoms with Gasteiger partial charge in [0.1, 0.15) is 5.82 Å². The van der Waals surface area contributed by atoms with Gasteiger partial charge in [0.05, 0.1) is 11.0 Å². The van der Waals surface area contributed by atoms with Crippen molar-refractivity contribution in [1.29, 1.82) is 0 Å². The first-order valence-electron chi connectivity index (χ1n) is 10.2. The van der Waals surface area contributed by atoms with E-state index < -0.39 is 0 Å². The summed E-state index contributed by atoms with van der Waals surface area (Å²) in [5.41, 5.74) is 5.57. The van der Waals surface area contributed by atoms with E-state index in [2.05, 4.69) is 69.9 Å². The maximum atomic E-state index is 12.9. The molecule has 1 aromatic heterocycles. The zero-order valence-corrected chi connectivity index (χ0v) is 18.3. The number of anilines is 1. The SMILES string of the molecule is Cc1ccccc1Cn1c(C2CC(=O)N(c3ccc(Br)cc3)C2)nc2ccccc21. The number of halogens is 1. The van der Waals surface area contributed by atoms with Gasteiger partial charge in [-0.1, -0.05) is 52.3 Å². The lowest BCUT2D eigenvalue weighted by Gasteiger charge is -2.18. The number of para-hydroxylation sites is 2. The molecule has 0 spiro atoms. The number of imidazole rings is 1. The molecule has 30 heavy (non-hydrogen) atoms. The molecule has 3 aromatic carbocycles. The lowest BCUT2D eigenvalue weighted by molar-refractivity contribution is -0.117. The Hall–Kier alpha value is -2.92. The first-order chi connectivity index (χ1) is 14.6. The lowest BCUT2D eigenvalue weighted by Crippen LogP contribution is -2.24. The van der Waals surface area contributed by atoms with Gasteiger partial charge < -0.3 is 9.47 Å². The van der Waals surface area contributed by atoms with Gasteiger partial charge in [-0.05, 0) is 54.4 Å². The number of hydrogen-bond acceptors (Lipinski definition) is 2. The molecule has 1 aliphatic rings. The van der Waals surface area contributed by atoms with E-state index in [1.165, 1.54) is 11.1 Å². The van der Waals surface area contributed by atoms with E-state index in [-0.39, 0.29) is 11.8 Å². The summed E-state index contributed by atoms with van der Waals surface area (Å²) in [5, 5.41) is 0. The molecule has 0 aliphatic carbocycles. The van der Waals surface area contributed by atoms with Crippen LogP contribution in [0, 0.1) is 6.92 Å². The van der Waals surface area contributed by atoms with Crippen LogP contribution in [0.3, 0.4) is 0 Å². The van der Waals surface area contributed by atoms with E-state index in [4.69, 9.17) is 4.98 Å². The summed E-state index contributed by atoms with van der Waals surface area (Å²) < 4.78 is 3.30. The topological polar surface area (TPSA) is 38.1 Å². The van der Waals surface area contributed by atoms with E-state index in [9.17, 15) is 4.79 Å². The third kappa shape index (κ3) is 3.43. The average molecular weight is 460 g/mol. The van der Waals surface area contributed by atoms with Crippen LogP contribution in [-0.2, 0) is 11.3 Å². The maximum Gasteiger partial charge on any atom is 0.227 e. The van der Waals surface area contributed by atoms with Crippen LogP contribution in [0.25, 0.3) is 11.0 Å². The highest BCUT2D eigenvalue weighted by molar-refractivity contribution is 9.10. The molecular formula is C25H22BrN3O. The smallest absolute Gasteiger partial charge is 0.227 e. The van der Waals surface area contributed by atoms with Gasteiger partial charge in [0.25, 0.3) is 0 Å². The fourth-order valence-corrected chi connectivity index (χ4v) is 4.55. The first kappa shape index (κ1) is 19.1. The lowest BCUT2D eigenvalue weighted by atomic mass is 10.1. The van der Waals surface area contributed by atoms with Gasteiger partial charge in [-0.15, -0.1) is 0 Å². The Bertz CT molecular complexity index is 1230. The molecule has 1 fully saturated rings. The monoisotopic (exact) mass is 459 g/mol. The summed E-state index contributed by atoms with van der Waals surface area (Å²) in [6.07, 6.45) is 0.479. The molecule has 1 aliphatic heterocycles. The van der Waals surface area contributed by atoms with Crippen molar-refractivity contribution in [3.63, 3.8) is 0 Å². The molecule has 2 heterocycles. The highest BCUT2D eigenvalue weighted by Crippen LogP contribution is 2.34. The number of nitrogens with zero attached hydrogens (tertiary/aromatic N) is 3. The van der Waals surface area contributed by atoms with Crippen LogP contribution in [0.15, 0.2) is 77.3 Å². The van der Waals surface area contributed by atoms with Crippen LogP contribution in [0.1, 0.15) is 29.3 Å². The number of aromatic nitrogens is 2. The van der Waals surface area contributed by atoms with Gasteiger partial charge in [-0.2, -0.15) is 0 Å². The Morgan fingerprint density at radius 2 is 1.73 bits per heavy atom.